The molecule has 1 aromatic rings. The summed E-state index contributed by atoms with van der Waals surface area (Å²) in [5.41, 5.74) is 1.81. The summed E-state index contributed by atoms with van der Waals surface area (Å²) >= 11 is 0. The zero-order valence-corrected chi connectivity index (χ0v) is 10.3. The molecule has 17 heavy (non-hydrogen) atoms. The Morgan fingerprint density at radius 2 is 2.29 bits per heavy atom. The second-order valence-electron chi connectivity index (χ2n) is 4.43. The van der Waals surface area contributed by atoms with Crippen molar-refractivity contribution in [2.45, 2.75) is 39.2 Å². The van der Waals surface area contributed by atoms with Gasteiger partial charge in [-0.05, 0) is 32.8 Å². The largest absolute Gasteiger partial charge is 0.355 e. The summed E-state index contributed by atoms with van der Waals surface area (Å²) in [7, 11) is 0. The van der Waals surface area contributed by atoms with Crippen LogP contribution in [0.2, 0.25) is 0 Å². The van der Waals surface area contributed by atoms with Crippen molar-refractivity contribution in [3.63, 3.8) is 0 Å². The average Bonchev–Trinajstić information content (AvgIpc) is 2.73. The molecular formula is C13H18N2O2. The first kappa shape index (κ1) is 11.9. The standard InChI is InChI=1S/C13H18N2O2/c1-3-14-13(17)9(2)15-8-7-10-11(15)5-4-6-12(10)16/h7-9H,3-6H2,1-2H3,(H,14,17). The Kier molecular flexibility index (Phi) is 3.31. The molecule has 1 aromatic heterocycles. The predicted octanol–water partition coefficient (Wildman–Crippen LogP) is 1.70. The fraction of sp³-hybridized carbons (Fsp3) is 0.538. The van der Waals surface area contributed by atoms with E-state index in [1.165, 1.54) is 0 Å². The van der Waals surface area contributed by atoms with Gasteiger partial charge in [0.05, 0.1) is 0 Å². The van der Waals surface area contributed by atoms with Crippen LogP contribution in [-0.2, 0) is 11.2 Å². The van der Waals surface area contributed by atoms with E-state index in [4.69, 9.17) is 0 Å². The molecule has 0 fully saturated rings. The molecule has 0 aromatic carbocycles. The van der Waals surface area contributed by atoms with E-state index in [1.807, 2.05) is 30.7 Å². The van der Waals surface area contributed by atoms with Crippen LogP contribution in [-0.4, -0.2) is 22.8 Å². The third-order valence-corrected chi connectivity index (χ3v) is 3.29. The minimum Gasteiger partial charge on any atom is -0.355 e. The molecule has 0 spiro atoms. The number of likely N-dealkylation sites (N-methyl/N-ethyl adjacent to an activating group) is 1. The molecule has 1 heterocycles. The smallest absolute Gasteiger partial charge is 0.242 e. The van der Waals surface area contributed by atoms with E-state index in [0.717, 1.165) is 24.1 Å². The van der Waals surface area contributed by atoms with Crippen LogP contribution < -0.4 is 5.32 Å². The molecule has 1 unspecified atom stereocenters. The lowest BCUT2D eigenvalue weighted by Gasteiger charge is -2.19. The molecule has 4 nitrogen and oxygen atoms in total. The van der Waals surface area contributed by atoms with Gasteiger partial charge in [-0.25, -0.2) is 0 Å². The SMILES string of the molecule is CCNC(=O)C(C)n1ccc2c1CCCC2=O. The first-order valence-electron chi connectivity index (χ1n) is 6.15. The maximum Gasteiger partial charge on any atom is 0.242 e. The van der Waals surface area contributed by atoms with Crippen molar-refractivity contribution in [2.24, 2.45) is 0 Å². The third-order valence-electron chi connectivity index (χ3n) is 3.29. The summed E-state index contributed by atoms with van der Waals surface area (Å²) in [6.07, 6.45) is 4.26. The van der Waals surface area contributed by atoms with Gasteiger partial charge in [-0.3, -0.25) is 9.59 Å². The van der Waals surface area contributed by atoms with Gasteiger partial charge in [0.15, 0.2) is 5.78 Å². The van der Waals surface area contributed by atoms with Gasteiger partial charge >= 0.3 is 0 Å². The molecule has 1 N–H and O–H groups in total. The molecule has 1 amide bonds. The summed E-state index contributed by atoms with van der Waals surface area (Å²) < 4.78 is 1.93. The van der Waals surface area contributed by atoms with Crippen molar-refractivity contribution in [3.05, 3.63) is 23.5 Å². The lowest BCUT2D eigenvalue weighted by atomic mass is 9.96. The maximum atomic E-state index is 11.8. The third kappa shape index (κ3) is 2.12. The number of nitrogens with one attached hydrogen (secondary N) is 1. The highest BCUT2D eigenvalue weighted by atomic mass is 16.2. The average molecular weight is 234 g/mol. The van der Waals surface area contributed by atoms with E-state index < -0.39 is 0 Å². The minimum atomic E-state index is -0.246. The number of amides is 1. The van der Waals surface area contributed by atoms with E-state index in [1.54, 1.807) is 0 Å². The van der Waals surface area contributed by atoms with Crippen LogP contribution >= 0.6 is 0 Å². The molecule has 0 radical (unpaired) electrons. The monoisotopic (exact) mass is 234 g/mol. The number of ketones is 1. The van der Waals surface area contributed by atoms with E-state index in [9.17, 15) is 9.59 Å². The van der Waals surface area contributed by atoms with Gasteiger partial charge in [0.25, 0.3) is 0 Å². The summed E-state index contributed by atoms with van der Waals surface area (Å²) in [5.74, 6) is 0.206. The fourth-order valence-corrected chi connectivity index (χ4v) is 2.36. The number of carbonyl (C=O) groups excluding carboxylic acids is 2. The highest BCUT2D eigenvalue weighted by Gasteiger charge is 2.24. The Morgan fingerprint density at radius 1 is 1.53 bits per heavy atom. The highest BCUT2D eigenvalue weighted by molar-refractivity contribution is 5.98. The van der Waals surface area contributed by atoms with Gasteiger partial charge in [0, 0.05) is 30.4 Å². The first-order valence-corrected chi connectivity index (χ1v) is 6.15. The lowest BCUT2D eigenvalue weighted by Crippen LogP contribution is -2.31. The van der Waals surface area contributed by atoms with Crippen molar-refractivity contribution >= 4 is 11.7 Å². The maximum absolute atomic E-state index is 11.8. The second kappa shape index (κ2) is 4.73. The van der Waals surface area contributed by atoms with Crippen LogP contribution in [0, 0.1) is 0 Å². The van der Waals surface area contributed by atoms with E-state index in [2.05, 4.69) is 5.32 Å². The van der Waals surface area contributed by atoms with Gasteiger partial charge in [-0.1, -0.05) is 0 Å². The minimum absolute atomic E-state index is 0.00363. The first-order chi connectivity index (χ1) is 8.15. The van der Waals surface area contributed by atoms with E-state index in [-0.39, 0.29) is 17.7 Å². The quantitative estimate of drug-likeness (QED) is 0.865. The van der Waals surface area contributed by atoms with E-state index >= 15 is 0 Å². The van der Waals surface area contributed by atoms with Gasteiger partial charge in [-0.2, -0.15) is 0 Å². The Labute approximate surface area is 101 Å². The lowest BCUT2D eigenvalue weighted by molar-refractivity contribution is -0.123. The number of aromatic nitrogens is 1. The number of hydrogen-bond donors (Lipinski definition) is 1. The zero-order chi connectivity index (χ0) is 12.4. The number of rotatable bonds is 3. The summed E-state index contributed by atoms with van der Waals surface area (Å²) in [6.45, 7) is 4.40. The number of fused-ring (bicyclic) bond motifs is 1. The molecule has 0 saturated heterocycles. The number of nitrogens with zero attached hydrogens (tertiary/aromatic N) is 1. The molecule has 1 atom stereocenters. The molecule has 0 aliphatic heterocycles. The van der Waals surface area contributed by atoms with Crippen molar-refractivity contribution in [1.29, 1.82) is 0 Å². The molecule has 2 rings (SSSR count). The van der Waals surface area contributed by atoms with Crippen LogP contribution in [0.4, 0.5) is 0 Å². The van der Waals surface area contributed by atoms with Crippen molar-refractivity contribution in [3.8, 4) is 0 Å². The second-order valence-corrected chi connectivity index (χ2v) is 4.43. The summed E-state index contributed by atoms with van der Waals surface area (Å²) in [4.78, 5) is 23.5. The van der Waals surface area contributed by atoms with Gasteiger partial charge in [0.1, 0.15) is 6.04 Å². The van der Waals surface area contributed by atoms with Crippen LogP contribution in [0.1, 0.15) is 48.8 Å². The van der Waals surface area contributed by atoms with Crippen LogP contribution in [0.15, 0.2) is 12.3 Å². The molecule has 0 saturated carbocycles. The molecule has 0 bridgehead atoms. The summed E-state index contributed by atoms with van der Waals surface area (Å²) in [5, 5.41) is 2.81. The van der Waals surface area contributed by atoms with Crippen LogP contribution in [0.5, 0.6) is 0 Å². The van der Waals surface area contributed by atoms with Crippen molar-refractivity contribution in [2.75, 3.05) is 6.54 Å². The molecule has 4 heteroatoms. The number of Topliss-reactive ketones (excluding diaryl/α,β-unsaturated/α-hetero) is 1. The van der Waals surface area contributed by atoms with Gasteiger partial charge < -0.3 is 9.88 Å². The summed E-state index contributed by atoms with van der Waals surface area (Å²) in [6, 6.07) is 1.59. The van der Waals surface area contributed by atoms with Gasteiger partial charge in [-0.15, -0.1) is 0 Å². The predicted molar refractivity (Wildman–Crippen MR) is 65.1 cm³/mol. The normalized spacial score (nSPS) is 16.5. The number of carbonyl (C=O) groups is 2. The molecule has 1 aliphatic carbocycles. The number of hydrogen-bond acceptors (Lipinski definition) is 2. The molecule has 92 valence electrons. The highest BCUT2D eigenvalue weighted by Crippen LogP contribution is 2.25. The Balaban J connectivity index is 2.28. The van der Waals surface area contributed by atoms with Crippen LogP contribution in [0.3, 0.4) is 0 Å². The molecular weight excluding hydrogens is 216 g/mol. The van der Waals surface area contributed by atoms with Crippen LogP contribution in [0.25, 0.3) is 0 Å². The fourth-order valence-electron chi connectivity index (χ4n) is 2.36. The molecule has 1 aliphatic rings. The Morgan fingerprint density at radius 3 is 3.00 bits per heavy atom. The van der Waals surface area contributed by atoms with Crippen molar-refractivity contribution < 1.29 is 9.59 Å². The Bertz CT molecular complexity index is 448. The van der Waals surface area contributed by atoms with E-state index in [0.29, 0.717) is 13.0 Å². The van der Waals surface area contributed by atoms with Gasteiger partial charge in [0.2, 0.25) is 5.91 Å². The zero-order valence-electron chi connectivity index (χ0n) is 10.3. The topological polar surface area (TPSA) is 51.1 Å². The Hall–Kier alpha value is -1.58. The van der Waals surface area contributed by atoms with Crippen molar-refractivity contribution in [1.82, 2.24) is 9.88 Å².